The minimum atomic E-state index is 0.426. The summed E-state index contributed by atoms with van der Waals surface area (Å²) in [6, 6.07) is 0. The van der Waals surface area contributed by atoms with E-state index in [4.69, 9.17) is 9.78 Å². The smallest absolute Gasteiger partial charge is 0.0935 e. The Kier molecular flexibility index (Phi) is 1.66. The minimum Gasteiger partial charge on any atom is -0.236 e. The Morgan fingerprint density at radius 2 is 1.42 bits per heavy atom. The van der Waals surface area contributed by atoms with Gasteiger partial charge in [-0.15, -0.1) is 0 Å². The summed E-state index contributed by atoms with van der Waals surface area (Å²) in [5, 5.41) is 0. The van der Waals surface area contributed by atoms with Crippen molar-refractivity contribution in [3.05, 3.63) is 0 Å². The first-order valence-corrected chi connectivity index (χ1v) is 5.18. The maximum atomic E-state index is 5.35. The highest BCUT2D eigenvalue weighted by atomic mass is 17.2. The summed E-state index contributed by atoms with van der Waals surface area (Å²) in [6.45, 7) is 0.851. The van der Waals surface area contributed by atoms with Crippen molar-refractivity contribution >= 4 is 0 Å². The van der Waals surface area contributed by atoms with Crippen LogP contribution < -0.4 is 0 Å². The van der Waals surface area contributed by atoms with Gasteiger partial charge in [-0.05, 0) is 49.9 Å². The molecular formula is C10H16O2. The molecule has 2 heteroatoms. The number of rotatable bonds is 0. The van der Waals surface area contributed by atoms with Gasteiger partial charge >= 0.3 is 0 Å². The molecular weight excluding hydrogens is 152 g/mol. The standard InChI is InChI=1S/C10H16O2/c1-7-2-9-3-8(1)5-10(4-7)12-11-6-9/h7-10H,1-6H2. The summed E-state index contributed by atoms with van der Waals surface area (Å²) in [7, 11) is 0. The summed E-state index contributed by atoms with van der Waals surface area (Å²) in [5.74, 6) is 2.71. The van der Waals surface area contributed by atoms with Crippen LogP contribution in [-0.2, 0) is 9.78 Å². The summed E-state index contributed by atoms with van der Waals surface area (Å²) >= 11 is 0. The fourth-order valence-electron chi connectivity index (χ4n) is 3.37. The lowest BCUT2D eigenvalue weighted by Crippen LogP contribution is -2.39. The first-order chi connectivity index (χ1) is 5.90. The maximum absolute atomic E-state index is 5.35. The van der Waals surface area contributed by atoms with Crippen LogP contribution in [0, 0.1) is 17.8 Å². The molecule has 4 aliphatic rings. The maximum Gasteiger partial charge on any atom is 0.0935 e. The van der Waals surface area contributed by atoms with Gasteiger partial charge in [0.25, 0.3) is 0 Å². The van der Waals surface area contributed by atoms with Gasteiger partial charge in [0, 0.05) is 0 Å². The summed E-state index contributed by atoms with van der Waals surface area (Å²) in [5.41, 5.74) is 0. The number of hydrogen-bond donors (Lipinski definition) is 0. The van der Waals surface area contributed by atoms with E-state index in [-0.39, 0.29) is 0 Å². The van der Waals surface area contributed by atoms with E-state index in [1.807, 2.05) is 0 Å². The molecule has 4 rings (SSSR count). The molecule has 12 heavy (non-hydrogen) atoms. The minimum absolute atomic E-state index is 0.426. The molecule has 2 atom stereocenters. The molecule has 4 fully saturated rings. The fraction of sp³-hybridized carbons (Fsp3) is 1.00. The van der Waals surface area contributed by atoms with E-state index < -0.39 is 0 Å². The van der Waals surface area contributed by atoms with Gasteiger partial charge in [0.1, 0.15) is 0 Å². The lowest BCUT2D eigenvalue weighted by molar-refractivity contribution is -0.353. The van der Waals surface area contributed by atoms with Gasteiger partial charge in [-0.1, -0.05) is 0 Å². The zero-order chi connectivity index (χ0) is 7.97. The zero-order valence-electron chi connectivity index (χ0n) is 7.37. The van der Waals surface area contributed by atoms with Crippen molar-refractivity contribution in [1.82, 2.24) is 0 Å². The molecule has 2 aliphatic carbocycles. The van der Waals surface area contributed by atoms with E-state index >= 15 is 0 Å². The van der Waals surface area contributed by atoms with Crippen LogP contribution in [0.25, 0.3) is 0 Å². The molecule has 0 aromatic rings. The van der Waals surface area contributed by atoms with Crippen LogP contribution in [0.5, 0.6) is 0 Å². The van der Waals surface area contributed by atoms with Crippen LogP contribution in [0.3, 0.4) is 0 Å². The molecule has 0 spiro atoms. The molecule has 68 valence electrons. The molecule has 2 nitrogen and oxygen atoms in total. The average molecular weight is 168 g/mol. The molecule has 2 saturated heterocycles. The van der Waals surface area contributed by atoms with Gasteiger partial charge in [0.2, 0.25) is 0 Å². The summed E-state index contributed by atoms with van der Waals surface area (Å²) in [4.78, 5) is 10.6. The molecule has 0 aromatic carbocycles. The quantitative estimate of drug-likeness (QED) is 0.516. The van der Waals surface area contributed by atoms with E-state index in [0.717, 1.165) is 24.4 Å². The lowest BCUT2D eigenvalue weighted by atomic mass is 9.67. The molecule has 0 radical (unpaired) electrons. The van der Waals surface area contributed by atoms with Crippen LogP contribution >= 0.6 is 0 Å². The van der Waals surface area contributed by atoms with Crippen molar-refractivity contribution in [3.63, 3.8) is 0 Å². The average Bonchev–Trinajstić information content (AvgIpc) is 1.99. The first kappa shape index (κ1) is 7.34. The highest BCUT2D eigenvalue weighted by Crippen LogP contribution is 2.45. The van der Waals surface area contributed by atoms with E-state index in [1.165, 1.54) is 32.1 Å². The van der Waals surface area contributed by atoms with Crippen molar-refractivity contribution in [3.8, 4) is 0 Å². The van der Waals surface area contributed by atoms with Gasteiger partial charge in [0.15, 0.2) is 0 Å². The Morgan fingerprint density at radius 3 is 2.17 bits per heavy atom. The predicted octanol–water partition coefficient (Wildman–Crippen LogP) is 2.14. The zero-order valence-corrected chi connectivity index (χ0v) is 7.37. The molecule has 2 aliphatic heterocycles. The molecule has 2 saturated carbocycles. The molecule has 0 N–H and O–H groups in total. The van der Waals surface area contributed by atoms with Crippen LogP contribution in [0.4, 0.5) is 0 Å². The second-order valence-corrected chi connectivity index (χ2v) is 4.78. The van der Waals surface area contributed by atoms with E-state index in [2.05, 4.69) is 0 Å². The molecule has 2 unspecified atom stereocenters. The van der Waals surface area contributed by atoms with Crippen molar-refractivity contribution in [2.24, 2.45) is 17.8 Å². The van der Waals surface area contributed by atoms with Crippen LogP contribution in [-0.4, -0.2) is 12.7 Å². The largest absolute Gasteiger partial charge is 0.236 e. The second-order valence-electron chi connectivity index (χ2n) is 4.78. The molecule has 0 aromatic heterocycles. The summed E-state index contributed by atoms with van der Waals surface area (Å²) in [6.07, 6.45) is 7.21. The van der Waals surface area contributed by atoms with Crippen molar-refractivity contribution in [1.29, 1.82) is 0 Å². The first-order valence-electron chi connectivity index (χ1n) is 5.18. The Bertz CT molecular complexity index is 147. The lowest BCUT2D eigenvalue weighted by Gasteiger charge is -2.43. The normalized spacial score (nSPS) is 52.0. The number of fused-ring (bicyclic) bond motifs is 2. The van der Waals surface area contributed by atoms with Gasteiger partial charge < -0.3 is 0 Å². The molecule has 4 bridgehead atoms. The van der Waals surface area contributed by atoms with Gasteiger partial charge in [-0.2, -0.15) is 0 Å². The molecule has 0 amide bonds. The summed E-state index contributed by atoms with van der Waals surface area (Å²) < 4.78 is 0. The predicted molar refractivity (Wildman–Crippen MR) is 44.4 cm³/mol. The van der Waals surface area contributed by atoms with Crippen LogP contribution in [0.2, 0.25) is 0 Å². The Labute approximate surface area is 73.2 Å². The van der Waals surface area contributed by atoms with Crippen molar-refractivity contribution in [2.45, 2.75) is 38.2 Å². The van der Waals surface area contributed by atoms with E-state index in [1.54, 1.807) is 0 Å². The van der Waals surface area contributed by atoms with Crippen molar-refractivity contribution in [2.75, 3.05) is 6.61 Å². The Balaban J connectivity index is 1.83. The van der Waals surface area contributed by atoms with Gasteiger partial charge in [-0.25, -0.2) is 9.78 Å². The highest BCUT2D eigenvalue weighted by molar-refractivity contribution is 4.87. The highest BCUT2D eigenvalue weighted by Gasteiger charge is 2.38. The van der Waals surface area contributed by atoms with E-state index in [0.29, 0.717) is 6.10 Å². The van der Waals surface area contributed by atoms with Crippen molar-refractivity contribution < 1.29 is 9.78 Å². The number of hydrogen-bond acceptors (Lipinski definition) is 2. The monoisotopic (exact) mass is 168 g/mol. The van der Waals surface area contributed by atoms with Gasteiger partial charge in [-0.3, -0.25) is 0 Å². The van der Waals surface area contributed by atoms with E-state index in [9.17, 15) is 0 Å². The van der Waals surface area contributed by atoms with Gasteiger partial charge in [0.05, 0.1) is 12.7 Å². The Morgan fingerprint density at radius 1 is 0.750 bits per heavy atom. The molecule has 2 heterocycles. The third-order valence-electron chi connectivity index (χ3n) is 3.70. The SMILES string of the molecule is C1OOC2CC3CC1CC(C3)C2. The van der Waals surface area contributed by atoms with Crippen LogP contribution in [0.1, 0.15) is 32.1 Å². The third-order valence-corrected chi connectivity index (χ3v) is 3.70. The third kappa shape index (κ3) is 1.17. The second kappa shape index (κ2) is 2.71. The fourth-order valence-corrected chi connectivity index (χ4v) is 3.37. The van der Waals surface area contributed by atoms with Crippen LogP contribution in [0.15, 0.2) is 0 Å². The Hall–Kier alpha value is -0.0800. The topological polar surface area (TPSA) is 18.5 Å².